The highest BCUT2D eigenvalue weighted by molar-refractivity contribution is 5.81. The minimum atomic E-state index is -0.463. The summed E-state index contributed by atoms with van der Waals surface area (Å²) in [5.41, 5.74) is 0.835. The van der Waals surface area contributed by atoms with Crippen molar-refractivity contribution in [2.45, 2.75) is 58.0 Å². The van der Waals surface area contributed by atoms with Crippen LogP contribution in [0.15, 0.2) is 52.1 Å². The Morgan fingerprint density at radius 3 is 2.44 bits per heavy atom. The van der Waals surface area contributed by atoms with Gasteiger partial charge in [0.15, 0.2) is 11.5 Å². The van der Waals surface area contributed by atoms with Gasteiger partial charge in [0.1, 0.15) is 0 Å². The second-order valence-corrected chi connectivity index (χ2v) is 8.44. The molecule has 0 spiro atoms. The standard InChI is InChI=1S/C26H33N3O5/c1-18(13-14-19-10-6-4-7-11-19)27-24(30)12-8-5-9-15-29-25(31)20-16-22(33-2)23(34-3)17-21(20)28-26(29)32/h4,6-7,10-11,16-18H,5,8-9,12-15H2,1-3H3,(H,27,30)(H,28,32)/t18-/m0/s1. The fraction of sp³-hybridized carbons (Fsp3) is 0.423. The average molecular weight is 468 g/mol. The van der Waals surface area contributed by atoms with E-state index in [0.29, 0.717) is 41.7 Å². The first-order valence-electron chi connectivity index (χ1n) is 11.6. The van der Waals surface area contributed by atoms with Crippen molar-refractivity contribution >= 4 is 16.8 Å². The number of aryl methyl sites for hydroxylation is 1. The third-order valence-electron chi connectivity index (χ3n) is 5.89. The highest BCUT2D eigenvalue weighted by atomic mass is 16.5. The van der Waals surface area contributed by atoms with E-state index < -0.39 is 5.69 Å². The monoisotopic (exact) mass is 467 g/mol. The van der Waals surface area contributed by atoms with Crippen molar-refractivity contribution in [3.05, 3.63) is 68.9 Å². The molecule has 0 aliphatic rings. The summed E-state index contributed by atoms with van der Waals surface area (Å²) in [4.78, 5) is 40.3. The van der Waals surface area contributed by atoms with Gasteiger partial charge in [0.05, 0.1) is 25.1 Å². The molecular formula is C26H33N3O5. The number of H-pyrrole nitrogens is 1. The summed E-state index contributed by atoms with van der Waals surface area (Å²) in [6, 6.07) is 13.5. The Morgan fingerprint density at radius 2 is 1.74 bits per heavy atom. The van der Waals surface area contributed by atoms with E-state index in [9.17, 15) is 14.4 Å². The number of aromatic amines is 1. The number of aromatic nitrogens is 2. The molecule has 8 nitrogen and oxygen atoms in total. The van der Waals surface area contributed by atoms with E-state index in [1.54, 1.807) is 12.1 Å². The van der Waals surface area contributed by atoms with Gasteiger partial charge in [0.2, 0.25) is 5.91 Å². The zero-order chi connectivity index (χ0) is 24.5. The fourth-order valence-electron chi connectivity index (χ4n) is 3.96. The number of methoxy groups -OCH3 is 2. The van der Waals surface area contributed by atoms with Gasteiger partial charge in [-0.2, -0.15) is 0 Å². The summed E-state index contributed by atoms with van der Waals surface area (Å²) in [6.45, 7) is 2.30. The van der Waals surface area contributed by atoms with Gasteiger partial charge in [-0.1, -0.05) is 36.8 Å². The molecule has 2 N–H and O–H groups in total. The predicted octanol–water partition coefficient (Wildman–Crippen LogP) is 3.40. The average Bonchev–Trinajstić information content (AvgIpc) is 2.84. The molecule has 0 unspecified atom stereocenters. The minimum absolute atomic E-state index is 0.0299. The zero-order valence-electron chi connectivity index (χ0n) is 20.1. The molecule has 0 aliphatic heterocycles. The molecule has 34 heavy (non-hydrogen) atoms. The van der Waals surface area contributed by atoms with Crippen molar-refractivity contribution in [1.82, 2.24) is 14.9 Å². The first kappa shape index (κ1) is 25.1. The predicted molar refractivity (Wildman–Crippen MR) is 133 cm³/mol. The zero-order valence-corrected chi connectivity index (χ0v) is 20.1. The van der Waals surface area contributed by atoms with Crippen LogP contribution in [-0.2, 0) is 17.8 Å². The van der Waals surface area contributed by atoms with Gasteiger partial charge in [0, 0.05) is 25.1 Å². The van der Waals surface area contributed by atoms with Gasteiger partial charge < -0.3 is 19.8 Å². The van der Waals surface area contributed by atoms with Crippen LogP contribution >= 0.6 is 0 Å². The van der Waals surface area contributed by atoms with Crippen molar-refractivity contribution in [3.8, 4) is 11.5 Å². The lowest BCUT2D eigenvalue weighted by Crippen LogP contribution is -2.35. The molecule has 1 amide bonds. The molecule has 1 heterocycles. The molecule has 1 aromatic heterocycles. The number of amides is 1. The summed E-state index contributed by atoms with van der Waals surface area (Å²) < 4.78 is 11.7. The summed E-state index contributed by atoms with van der Waals surface area (Å²) in [5.74, 6) is 0.896. The third kappa shape index (κ3) is 6.50. The van der Waals surface area contributed by atoms with Crippen molar-refractivity contribution in [2.24, 2.45) is 0 Å². The van der Waals surface area contributed by atoms with Crippen LogP contribution in [0.2, 0.25) is 0 Å². The minimum Gasteiger partial charge on any atom is -0.493 e. The van der Waals surface area contributed by atoms with Crippen LogP contribution in [0.5, 0.6) is 11.5 Å². The van der Waals surface area contributed by atoms with E-state index in [2.05, 4.69) is 22.4 Å². The van der Waals surface area contributed by atoms with Crippen molar-refractivity contribution in [1.29, 1.82) is 0 Å². The molecule has 3 aromatic rings. The van der Waals surface area contributed by atoms with Crippen LogP contribution in [0.4, 0.5) is 0 Å². The second-order valence-electron chi connectivity index (χ2n) is 8.44. The van der Waals surface area contributed by atoms with E-state index in [1.165, 1.54) is 24.4 Å². The van der Waals surface area contributed by atoms with Crippen molar-refractivity contribution < 1.29 is 14.3 Å². The number of nitrogens with one attached hydrogen (secondary N) is 2. The molecule has 8 heteroatoms. The Morgan fingerprint density at radius 1 is 1.03 bits per heavy atom. The molecule has 0 saturated heterocycles. The van der Waals surface area contributed by atoms with Crippen molar-refractivity contribution in [2.75, 3.05) is 14.2 Å². The third-order valence-corrected chi connectivity index (χ3v) is 5.89. The van der Waals surface area contributed by atoms with Crippen LogP contribution in [-0.4, -0.2) is 35.7 Å². The van der Waals surface area contributed by atoms with E-state index in [-0.39, 0.29) is 24.1 Å². The molecule has 0 aliphatic carbocycles. The SMILES string of the molecule is COc1cc2[nH]c(=O)n(CCCCCC(=O)N[C@@H](C)CCc3ccccc3)c(=O)c2cc1OC. The Kier molecular flexibility index (Phi) is 8.90. The van der Waals surface area contributed by atoms with Gasteiger partial charge in [-0.05, 0) is 44.2 Å². The molecule has 182 valence electrons. The quantitative estimate of drug-likeness (QED) is 0.398. The Bertz CT molecular complexity index is 1220. The van der Waals surface area contributed by atoms with E-state index in [4.69, 9.17) is 9.47 Å². The topological polar surface area (TPSA) is 102 Å². The molecule has 2 aromatic carbocycles. The number of benzene rings is 2. The van der Waals surface area contributed by atoms with Crippen LogP contribution in [0.25, 0.3) is 10.9 Å². The molecule has 0 radical (unpaired) electrons. The van der Waals surface area contributed by atoms with Crippen LogP contribution in [0.3, 0.4) is 0 Å². The molecular weight excluding hydrogens is 434 g/mol. The summed E-state index contributed by atoms with van der Waals surface area (Å²) in [5, 5.41) is 3.41. The fourth-order valence-corrected chi connectivity index (χ4v) is 3.96. The van der Waals surface area contributed by atoms with E-state index >= 15 is 0 Å². The lowest BCUT2D eigenvalue weighted by Gasteiger charge is -2.14. The summed E-state index contributed by atoms with van der Waals surface area (Å²) in [6.07, 6.45) is 4.30. The summed E-state index contributed by atoms with van der Waals surface area (Å²) >= 11 is 0. The largest absolute Gasteiger partial charge is 0.493 e. The van der Waals surface area contributed by atoms with Crippen LogP contribution in [0.1, 0.15) is 44.6 Å². The number of hydrogen-bond acceptors (Lipinski definition) is 5. The van der Waals surface area contributed by atoms with Gasteiger partial charge in [-0.3, -0.25) is 14.2 Å². The number of carbonyl (C=O) groups is 1. The number of rotatable bonds is 12. The summed E-state index contributed by atoms with van der Waals surface area (Å²) in [7, 11) is 2.99. The first-order valence-corrected chi connectivity index (χ1v) is 11.6. The number of hydrogen-bond donors (Lipinski definition) is 2. The maximum Gasteiger partial charge on any atom is 0.328 e. The highest BCUT2D eigenvalue weighted by Crippen LogP contribution is 2.29. The molecule has 3 rings (SSSR count). The number of ether oxygens (including phenoxy) is 2. The van der Waals surface area contributed by atoms with Gasteiger partial charge in [-0.25, -0.2) is 4.79 Å². The number of fused-ring (bicyclic) bond motifs is 1. The molecule has 1 atom stereocenters. The number of nitrogens with zero attached hydrogens (tertiary/aromatic N) is 1. The number of carbonyl (C=O) groups excluding carboxylic acids is 1. The smallest absolute Gasteiger partial charge is 0.328 e. The Labute approximate surface area is 198 Å². The lowest BCUT2D eigenvalue weighted by atomic mass is 10.1. The Balaban J connectivity index is 1.47. The molecule has 0 fully saturated rings. The number of unbranched alkanes of at least 4 members (excludes halogenated alkanes) is 2. The van der Waals surface area contributed by atoms with Crippen LogP contribution < -0.4 is 26.0 Å². The first-order chi connectivity index (χ1) is 16.4. The van der Waals surface area contributed by atoms with Crippen LogP contribution in [0, 0.1) is 0 Å². The van der Waals surface area contributed by atoms with Gasteiger partial charge in [-0.15, -0.1) is 0 Å². The maximum atomic E-state index is 12.9. The molecule has 0 saturated carbocycles. The lowest BCUT2D eigenvalue weighted by molar-refractivity contribution is -0.121. The van der Waals surface area contributed by atoms with Crippen molar-refractivity contribution in [3.63, 3.8) is 0 Å². The Hall–Kier alpha value is -3.55. The highest BCUT2D eigenvalue weighted by Gasteiger charge is 2.13. The van der Waals surface area contributed by atoms with Gasteiger partial charge in [0.25, 0.3) is 5.56 Å². The van der Waals surface area contributed by atoms with E-state index in [1.807, 2.05) is 25.1 Å². The maximum absolute atomic E-state index is 12.9. The molecule has 0 bridgehead atoms. The van der Waals surface area contributed by atoms with E-state index in [0.717, 1.165) is 19.3 Å². The normalized spacial score (nSPS) is 11.9. The second kappa shape index (κ2) is 12.1. The van der Waals surface area contributed by atoms with Gasteiger partial charge >= 0.3 is 5.69 Å².